The fourth-order valence-electron chi connectivity index (χ4n) is 2.58. The maximum atomic E-state index is 10.7. The zero-order chi connectivity index (χ0) is 14.8. The monoisotopic (exact) mass is 276 g/mol. The normalized spacial score (nSPS) is 22.1. The van der Waals surface area contributed by atoms with Gasteiger partial charge in [0.25, 0.3) is 0 Å². The molecule has 108 valence electrons. The molecule has 1 aliphatic rings. The molecule has 1 aliphatic heterocycles. The summed E-state index contributed by atoms with van der Waals surface area (Å²) in [6, 6.07) is 3.68. The summed E-state index contributed by atoms with van der Waals surface area (Å²) >= 11 is 0. The second kappa shape index (κ2) is 5.63. The average Bonchev–Trinajstić information content (AvgIpc) is 2.34. The highest BCUT2D eigenvalue weighted by Gasteiger charge is 2.32. The van der Waals surface area contributed by atoms with Gasteiger partial charge < -0.3 is 14.7 Å². The van der Waals surface area contributed by atoms with Crippen LogP contribution in [0.1, 0.15) is 26.3 Å². The van der Waals surface area contributed by atoms with E-state index < -0.39 is 5.97 Å². The molecule has 5 heteroatoms. The number of carbonyl (C=O) groups is 1. The molecule has 1 unspecified atom stereocenters. The van der Waals surface area contributed by atoms with Gasteiger partial charge in [0.15, 0.2) is 0 Å². The van der Waals surface area contributed by atoms with Crippen molar-refractivity contribution in [2.75, 3.05) is 18.0 Å². The molecule has 5 nitrogen and oxygen atoms in total. The zero-order valence-electron chi connectivity index (χ0n) is 12.0. The highest BCUT2D eigenvalue weighted by atomic mass is 16.5. The number of aromatic nitrogens is 1. The number of anilines is 1. The van der Waals surface area contributed by atoms with E-state index >= 15 is 0 Å². The molecule has 1 atom stereocenters. The molecular formula is C15H20N2O3. The summed E-state index contributed by atoms with van der Waals surface area (Å²) in [6.45, 7) is 7.59. The van der Waals surface area contributed by atoms with Crippen molar-refractivity contribution in [1.82, 2.24) is 4.98 Å². The molecule has 1 aromatic heterocycles. The summed E-state index contributed by atoms with van der Waals surface area (Å²) in [7, 11) is 0. The molecule has 2 heterocycles. The van der Waals surface area contributed by atoms with Crippen molar-refractivity contribution >= 4 is 17.9 Å². The minimum absolute atomic E-state index is 0.108. The van der Waals surface area contributed by atoms with Gasteiger partial charge in [-0.25, -0.2) is 9.78 Å². The van der Waals surface area contributed by atoms with Crippen molar-refractivity contribution in [2.45, 2.75) is 32.5 Å². The lowest BCUT2D eigenvalue weighted by Gasteiger charge is -2.42. The van der Waals surface area contributed by atoms with Crippen LogP contribution in [0.2, 0.25) is 0 Å². The standard InChI is InChI=1S/C15H20N2O3/c1-11-9-17(10-15(2,3)20-11)14-12(5-4-8-16-14)6-7-13(18)19/h4-8,11H,9-10H2,1-3H3,(H,18,19)/b7-6+. The third kappa shape index (κ3) is 3.57. The van der Waals surface area contributed by atoms with Gasteiger partial charge in [0.05, 0.1) is 11.7 Å². The van der Waals surface area contributed by atoms with Crippen LogP contribution in [0.5, 0.6) is 0 Å². The third-order valence-corrected chi connectivity index (χ3v) is 3.09. The minimum atomic E-state index is -0.963. The molecule has 0 radical (unpaired) electrons. The van der Waals surface area contributed by atoms with Gasteiger partial charge in [-0.15, -0.1) is 0 Å². The van der Waals surface area contributed by atoms with Crippen molar-refractivity contribution in [3.05, 3.63) is 30.0 Å². The molecular weight excluding hydrogens is 256 g/mol. The number of hydrogen-bond donors (Lipinski definition) is 1. The molecule has 1 N–H and O–H groups in total. The molecule has 0 saturated carbocycles. The molecule has 0 amide bonds. The van der Waals surface area contributed by atoms with E-state index in [1.165, 1.54) is 0 Å². The van der Waals surface area contributed by atoms with Gasteiger partial charge in [-0.05, 0) is 39.0 Å². The largest absolute Gasteiger partial charge is 0.478 e. The lowest BCUT2D eigenvalue weighted by atomic mass is 10.0. The Morgan fingerprint density at radius 1 is 1.60 bits per heavy atom. The van der Waals surface area contributed by atoms with E-state index in [2.05, 4.69) is 9.88 Å². The van der Waals surface area contributed by atoms with E-state index in [0.29, 0.717) is 0 Å². The highest BCUT2D eigenvalue weighted by Crippen LogP contribution is 2.27. The summed E-state index contributed by atoms with van der Waals surface area (Å²) in [4.78, 5) is 17.2. The number of rotatable bonds is 3. The smallest absolute Gasteiger partial charge is 0.328 e. The number of ether oxygens (including phenoxy) is 1. The van der Waals surface area contributed by atoms with Gasteiger partial charge in [-0.2, -0.15) is 0 Å². The van der Waals surface area contributed by atoms with E-state index in [1.54, 1.807) is 18.3 Å². The lowest BCUT2D eigenvalue weighted by molar-refractivity contribution is -0.131. The van der Waals surface area contributed by atoms with Crippen LogP contribution in [0.25, 0.3) is 6.08 Å². The number of carboxylic acid groups (broad SMARTS) is 1. The van der Waals surface area contributed by atoms with Crippen LogP contribution < -0.4 is 4.90 Å². The van der Waals surface area contributed by atoms with Crippen molar-refractivity contribution < 1.29 is 14.6 Å². The van der Waals surface area contributed by atoms with Crippen molar-refractivity contribution in [1.29, 1.82) is 0 Å². The average molecular weight is 276 g/mol. The number of hydrogen-bond acceptors (Lipinski definition) is 4. The number of pyridine rings is 1. The molecule has 1 fully saturated rings. The molecule has 20 heavy (non-hydrogen) atoms. The molecule has 0 aliphatic carbocycles. The van der Waals surface area contributed by atoms with Crippen LogP contribution in [-0.4, -0.2) is 40.9 Å². The second-order valence-electron chi connectivity index (χ2n) is 5.66. The van der Waals surface area contributed by atoms with Crippen LogP contribution in [-0.2, 0) is 9.53 Å². The van der Waals surface area contributed by atoms with Crippen molar-refractivity contribution in [3.8, 4) is 0 Å². The second-order valence-corrected chi connectivity index (χ2v) is 5.66. The fourth-order valence-corrected chi connectivity index (χ4v) is 2.58. The summed E-state index contributed by atoms with van der Waals surface area (Å²) < 4.78 is 5.88. The lowest BCUT2D eigenvalue weighted by Crippen LogP contribution is -2.52. The van der Waals surface area contributed by atoms with E-state index in [1.807, 2.05) is 26.8 Å². The minimum Gasteiger partial charge on any atom is -0.478 e. The maximum absolute atomic E-state index is 10.7. The zero-order valence-corrected chi connectivity index (χ0v) is 12.0. The Balaban J connectivity index is 2.30. The fraction of sp³-hybridized carbons (Fsp3) is 0.467. The molecule has 1 saturated heterocycles. The topological polar surface area (TPSA) is 62.7 Å². The molecule has 2 rings (SSSR count). The van der Waals surface area contributed by atoms with Crippen LogP contribution in [0.4, 0.5) is 5.82 Å². The molecule has 1 aromatic rings. The summed E-state index contributed by atoms with van der Waals surface area (Å²) in [5.74, 6) is -0.163. The first kappa shape index (κ1) is 14.5. The van der Waals surface area contributed by atoms with E-state index in [9.17, 15) is 4.79 Å². The molecule has 0 spiro atoms. The van der Waals surface area contributed by atoms with Gasteiger partial charge in [0.1, 0.15) is 5.82 Å². The van der Waals surface area contributed by atoms with Gasteiger partial charge in [-0.1, -0.05) is 0 Å². The van der Waals surface area contributed by atoms with Gasteiger partial charge in [0, 0.05) is 30.9 Å². The summed E-state index contributed by atoms with van der Waals surface area (Å²) in [6.07, 6.45) is 4.55. The Morgan fingerprint density at radius 3 is 3.00 bits per heavy atom. The number of carboxylic acids is 1. The first-order chi connectivity index (χ1) is 9.37. The highest BCUT2D eigenvalue weighted by molar-refractivity contribution is 5.86. The van der Waals surface area contributed by atoms with Crippen LogP contribution in [0.15, 0.2) is 24.4 Å². The van der Waals surface area contributed by atoms with E-state index in [0.717, 1.165) is 30.5 Å². The summed E-state index contributed by atoms with van der Waals surface area (Å²) in [5.41, 5.74) is 0.558. The Labute approximate surface area is 118 Å². The van der Waals surface area contributed by atoms with Crippen LogP contribution in [0.3, 0.4) is 0 Å². The molecule has 0 bridgehead atoms. The van der Waals surface area contributed by atoms with Gasteiger partial charge >= 0.3 is 5.97 Å². The number of aliphatic carboxylic acids is 1. The summed E-state index contributed by atoms with van der Waals surface area (Å²) in [5, 5.41) is 8.76. The Bertz CT molecular complexity index is 526. The Morgan fingerprint density at radius 2 is 2.35 bits per heavy atom. The third-order valence-electron chi connectivity index (χ3n) is 3.09. The van der Waals surface area contributed by atoms with Crippen LogP contribution in [0, 0.1) is 0 Å². The Hall–Kier alpha value is -1.88. The number of nitrogens with zero attached hydrogens (tertiary/aromatic N) is 2. The number of morpholine rings is 1. The van der Waals surface area contributed by atoms with Crippen molar-refractivity contribution in [3.63, 3.8) is 0 Å². The predicted octanol–water partition coefficient (Wildman–Crippen LogP) is 2.18. The van der Waals surface area contributed by atoms with Gasteiger partial charge in [-0.3, -0.25) is 0 Å². The SMILES string of the molecule is CC1CN(c2ncccc2/C=C/C(=O)O)CC(C)(C)O1. The quantitative estimate of drug-likeness (QED) is 0.857. The maximum Gasteiger partial charge on any atom is 0.328 e. The first-order valence-electron chi connectivity index (χ1n) is 6.66. The van der Waals surface area contributed by atoms with Gasteiger partial charge in [0.2, 0.25) is 0 Å². The first-order valence-corrected chi connectivity index (χ1v) is 6.66. The Kier molecular flexibility index (Phi) is 4.09. The van der Waals surface area contributed by atoms with Crippen LogP contribution >= 0.6 is 0 Å². The van der Waals surface area contributed by atoms with E-state index in [-0.39, 0.29) is 11.7 Å². The molecule has 0 aromatic carbocycles. The van der Waals surface area contributed by atoms with Crippen molar-refractivity contribution in [2.24, 2.45) is 0 Å². The van der Waals surface area contributed by atoms with E-state index in [4.69, 9.17) is 9.84 Å². The predicted molar refractivity (Wildman–Crippen MR) is 77.7 cm³/mol.